The van der Waals surface area contributed by atoms with Crippen LogP contribution in [-0.4, -0.2) is 34.2 Å². The first-order chi connectivity index (χ1) is 9.63. The molecule has 0 atom stereocenters. The molecule has 1 saturated carbocycles. The molecule has 0 bridgehead atoms. The van der Waals surface area contributed by atoms with Gasteiger partial charge in [-0.25, -0.2) is 0 Å². The van der Waals surface area contributed by atoms with Crippen molar-refractivity contribution >= 4 is 18.4 Å². The average molecular weight is 314 g/mol. The molecule has 4 nitrogen and oxygen atoms in total. The Kier molecular flexibility index (Phi) is 7.54. The van der Waals surface area contributed by atoms with E-state index in [0.717, 1.165) is 44.0 Å². The third-order valence-electron chi connectivity index (χ3n) is 3.65. The number of hydrogen-bond donors (Lipinski definition) is 2. The molecule has 0 saturated heterocycles. The van der Waals surface area contributed by atoms with Crippen LogP contribution in [0.5, 0.6) is 5.75 Å². The summed E-state index contributed by atoms with van der Waals surface area (Å²) in [6.45, 7) is 2.85. The normalized spacial score (nSPS) is 14.0. The average Bonchev–Trinajstić information content (AvgIpc) is 3.18. The summed E-state index contributed by atoms with van der Waals surface area (Å²) in [4.78, 5) is 12.9. The van der Waals surface area contributed by atoms with E-state index in [2.05, 4.69) is 4.90 Å². The van der Waals surface area contributed by atoms with Crippen LogP contribution in [0.25, 0.3) is 0 Å². The Bertz CT molecular complexity index is 449. The second-order valence-corrected chi connectivity index (χ2v) is 5.70. The zero-order chi connectivity index (χ0) is 14.4. The van der Waals surface area contributed by atoms with Gasteiger partial charge in [0.2, 0.25) is 0 Å². The summed E-state index contributed by atoms with van der Waals surface area (Å²) in [5.41, 5.74) is 1.11. The van der Waals surface area contributed by atoms with Gasteiger partial charge in [0, 0.05) is 19.5 Å². The van der Waals surface area contributed by atoms with Crippen molar-refractivity contribution in [2.24, 2.45) is 5.92 Å². The molecular formula is C16H24ClNO3. The Balaban J connectivity index is 0.00000220. The van der Waals surface area contributed by atoms with E-state index < -0.39 is 5.97 Å². The minimum atomic E-state index is -0.716. The Labute approximate surface area is 132 Å². The lowest BCUT2D eigenvalue weighted by Gasteiger charge is -2.22. The molecule has 118 valence electrons. The van der Waals surface area contributed by atoms with Crippen molar-refractivity contribution in [1.82, 2.24) is 4.90 Å². The van der Waals surface area contributed by atoms with Crippen LogP contribution in [0.1, 0.15) is 37.7 Å². The molecule has 0 unspecified atom stereocenters. The molecule has 1 fully saturated rings. The quantitative estimate of drug-likeness (QED) is 0.687. The van der Waals surface area contributed by atoms with E-state index in [1.165, 1.54) is 12.8 Å². The zero-order valence-electron chi connectivity index (χ0n) is 12.2. The topological polar surface area (TPSA) is 60.8 Å². The number of nitrogens with zero attached hydrogens (tertiary/aromatic N) is 1. The third kappa shape index (κ3) is 7.34. The molecule has 1 aliphatic carbocycles. The minimum Gasteiger partial charge on any atom is -0.508 e. The van der Waals surface area contributed by atoms with Crippen LogP contribution in [0.15, 0.2) is 24.3 Å². The number of hydrogen-bond acceptors (Lipinski definition) is 3. The molecule has 0 heterocycles. The van der Waals surface area contributed by atoms with Crippen molar-refractivity contribution in [2.75, 3.05) is 13.1 Å². The first kappa shape index (κ1) is 17.8. The van der Waals surface area contributed by atoms with Crippen molar-refractivity contribution in [2.45, 2.75) is 38.6 Å². The lowest BCUT2D eigenvalue weighted by atomic mass is 10.1. The minimum absolute atomic E-state index is 0. The smallest absolute Gasteiger partial charge is 0.303 e. The summed E-state index contributed by atoms with van der Waals surface area (Å²) in [7, 11) is 0. The van der Waals surface area contributed by atoms with E-state index >= 15 is 0 Å². The lowest BCUT2D eigenvalue weighted by Crippen LogP contribution is -2.26. The van der Waals surface area contributed by atoms with Crippen LogP contribution in [0.4, 0.5) is 0 Å². The van der Waals surface area contributed by atoms with Crippen molar-refractivity contribution in [3.8, 4) is 5.75 Å². The number of aliphatic carboxylic acids is 1. The number of halogens is 1. The van der Waals surface area contributed by atoms with E-state index in [4.69, 9.17) is 5.11 Å². The molecule has 0 aliphatic heterocycles. The molecule has 2 N–H and O–H groups in total. The molecule has 21 heavy (non-hydrogen) atoms. The highest BCUT2D eigenvalue weighted by Gasteiger charge is 2.24. The summed E-state index contributed by atoms with van der Waals surface area (Å²) in [6.07, 6.45) is 4.52. The first-order valence-corrected chi connectivity index (χ1v) is 7.35. The monoisotopic (exact) mass is 313 g/mol. The van der Waals surface area contributed by atoms with E-state index in [1.807, 2.05) is 12.1 Å². The maximum absolute atomic E-state index is 10.5. The van der Waals surface area contributed by atoms with Crippen LogP contribution in [0, 0.1) is 5.92 Å². The second-order valence-electron chi connectivity index (χ2n) is 5.70. The molecule has 5 heteroatoms. The van der Waals surface area contributed by atoms with Crippen molar-refractivity contribution in [3.63, 3.8) is 0 Å². The Morgan fingerprint density at radius 2 is 2.05 bits per heavy atom. The van der Waals surface area contributed by atoms with Crippen LogP contribution in [0.3, 0.4) is 0 Å². The second kappa shape index (κ2) is 8.90. The summed E-state index contributed by atoms with van der Waals surface area (Å²) in [5, 5.41) is 18.2. The maximum Gasteiger partial charge on any atom is 0.303 e. The van der Waals surface area contributed by atoms with Crippen LogP contribution in [-0.2, 0) is 11.3 Å². The highest BCUT2D eigenvalue weighted by molar-refractivity contribution is 5.85. The van der Waals surface area contributed by atoms with Gasteiger partial charge in [0.05, 0.1) is 0 Å². The summed E-state index contributed by atoms with van der Waals surface area (Å²) in [5.74, 6) is 0.401. The predicted octanol–water partition coefficient (Wildman–Crippen LogP) is 3.28. The van der Waals surface area contributed by atoms with Gasteiger partial charge in [-0.15, -0.1) is 12.4 Å². The third-order valence-corrected chi connectivity index (χ3v) is 3.65. The maximum atomic E-state index is 10.5. The van der Waals surface area contributed by atoms with Gasteiger partial charge in [-0.3, -0.25) is 9.69 Å². The fraction of sp³-hybridized carbons (Fsp3) is 0.562. The lowest BCUT2D eigenvalue weighted by molar-refractivity contribution is -0.137. The number of phenols is 1. The number of carboxylic acid groups (broad SMARTS) is 1. The fourth-order valence-corrected chi connectivity index (χ4v) is 2.43. The highest BCUT2D eigenvalue weighted by Crippen LogP contribution is 2.30. The van der Waals surface area contributed by atoms with Gasteiger partial charge in [0.25, 0.3) is 0 Å². The van der Waals surface area contributed by atoms with Gasteiger partial charge in [0.1, 0.15) is 5.75 Å². The highest BCUT2D eigenvalue weighted by atomic mass is 35.5. The van der Waals surface area contributed by atoms with Gasteiger partial charge >= 0.3 is 5.97 Å². The molecule has 0 amide bonds. The number of phenolic OH excluding ortho intramolecular Hbond substituents is 1. The molecule has 1 aromatic rings. The Morgan fingerprint density at radius 3 is 2.67 bits per heavy atom. The summed E-state index contributed by atoms with van der Waals surface area (Å²) in [6, 6.07) is 7.38. The van der Waals surface area contributed by atoms with Gasteiger partial charge in [0.15, 0.2) is 0 Å². The van der Waals surface area contributed by atoms with Crippen molar-refractivity contribution in [1.29, 1.82) is 0 Å². The zero-order valence-corrected chi connectivity index (χ0v) is 13.0. The Hall–Kier alpha value is -1.26. The summed E-state index contributed by atoms with van der Waals surface area (Å²) >= 11 is 0. The largest absolute Gasteiger partial charge is 0.508 e. The number of carboxylic acids is 1. The molecule has 0 spiro atoms. The van der Waals surface area contributed by atoms with E-state index in [-0.39, 0.29) is 18.8 Å². The molecule has 0 aromatic heterocycles. The van der Waals surface area contributed by atoms with Crippen LogP contribution in [0.2, 0.25) is 0 Å². The number of benzene rings is 1. The van der Waals surface area contributed by atoms with Crippen LogP contribution >= 0.6 is 12.4 Å². The van der Waals surface area contributed by atoms with Gasteiger partial charge in [-0.2, -0.15) is 0 Å². The van der Waals surface area contributed by atoms with Gasteiger partial charge in [-0.1, -0.05) is 12.1 Å². The van der Waals surface area contributed by atoms with Crippen molar-refractivity contribution in [3.05, 3.63) is 29.8 Å². The fourth-order valence-electron chi connectivity index (χ4n) is 2.43. The predicted molar refractivity (Wildman–Crippen MR) is 84.8 cm³/mol. The number of unbranched alkanes of at least 4 members (excludes halogenated alkanes) is 1. The standard InChI is InChI=1S/C16H23NO3.ClH/c18-15-5-3-4-14(10-15)12-17(11-13-7-8-13)9-2-1-6-16(19)20;/h3-5,10,13,18H,1-2,6-9,11-12H2,(H,19,20);1H. The first-order valence-electron chi connectivity index (χ1n) is 7.35. The van der Waals surface area contributed by atoms with Gasteiger partial charge in [-0.05, 0) is 55.8 Å². The molecule has 0 radical (unpaired) electrons. The van der Waals surface area contributed by atoms with Crippen molar-refractivity contribution < 1.29 is 15.0 Å². The molecule has 2 rings (SSSR count). The molecule has 1 aliphatic rings. The molecule has 1 aromatic carbocycles. The molecular weight excluding hydrogens is 290 g/mol. The summed E-state index contributed by atoms with van der Waals surface area (Å²) < 4.78 is 0. The SMILES string of the molecule is Cl.O=C(O)CCCCN(Cc1cccc(O)c1)CC1CC1. The van der Waals surface area contributed by atoms with Crippen LogP contribution < -0.4 is 0 Å². The number of rotatable bonds is 9. The number of aromatic hydroxyl groups is 1. The van der Waals surface area contributed by atoms with E-state index in [9.17, 15) is 9.90 Å². The van der Waals surface area contributed by atoms with E-state index in [1.54, 1.807) is 12.1 Å². The van der Waals surface area contributed by atoms with Gasteiger partial charge < -0.3 is 10.2 Å². The van der Waals surface area contributed by atoms with E-state index in [0.29, 0.717) is 5.75 Å². The Morgan fingerprint density at radius 1 is 1.29 bits per heavy atom. The number of carbonyl (C=O) groups is 1.